The predicted molar refractivity (Wildman–Crippen MR) is 114 cm³/mol. The van der Waals surface area contributed by atoms with Crippen molar-refractivity contribution in [1.29, 1.82) is 0 Å². The average molecular weight is 417 g/mol. The molecule has 0 unspecified atom stereocenters. The number of hydrogen-bond donors (Lipinski definition) is 4. The third-order valence-electron chi connectivity index (χ3n) is 6.99. The van der Waals surface area contributed by atoms with Crippen molar-refractivity contribution in [2.75, 3.05) is 32.8 Å². The van der Waals surface area contributed by atoms with Gasteiger partial charge in [0.25, 0.3) is 5.91 Å². The van der Waals surface area contributed by atoms with E-state index in [-0.39, 0.29) is 24.0 Å². The van der Waals surface area contributed by atoms with Gasteiger partial charge in [-0.2, -0.15) is 0 Å². The fourth-order valence-corrected chi connectivity index (χ4v) is 5.05. The minimum atomic E-state index is -0.331. The summed E-state index contributed by atoms with van der Waals surface area (Å²) in [6.45, 7) is 7.72. The molecule has 4 N–H and O–H groups in total. The number of amides is 3. The number of piperazine rings is 1. The molecular weight excluding hydrogens is 380 g/mol. The van der Waals surface area contributed by atoms with Crippen LogP contribution in [0.15, 0.2) is 18.2 Å². The number of carbonyl (C=O) groups excluding carboxylic acids is 2. The largest absolute Gasteiger partial charge is 0.493 e. The van der Waals surface area contributed by atoms with Crippen LogP contribution in [-0.4, -0.2) is 56.8 Å². The summed E-state index contributed by atoms with van der Waals surface area (Å²) in [5.74, 6) is 0.871. The SMILES string of the molecule is C[C@@H](C(=O)NC(=O)NC1CCCCC1)[NH+]1CC[NH+](Cc2ccc3c(c2)CCO3)CC1. The van der Waals surface area contributed by atoms with Crippen LogP contribution in [0.1, 0.15) is 50.2 Å². The maximum absolute atomic E-state index is 12.6. The number of hydrogen-bond acceptors (Lipinski definition) is 3. The molecule has 1 aromatic rings. The molecule has 0 bridgehead atoms. The predicted octanol–water partition coefficient (Wildman–Crippen LogP) is -0.548. The molecule has 1 aliphatic carbocycles. The van der Waals surface area contributed by atoms with Crippen LogP contribution in [0, 0.1) is 0 Å². The number of rotatable bonds is 5. The minimum Gasteiger partial charge on any atom is -0.493 e. The minimum absolute atomic E-state index is 0.166. The molecule has 1 aromatic carbocycles. The van der Waals surface area contributed by atoms with Crippen molar-refractivity contribution >= 4 is 11.9 Å². The number of nitrogens with one attached hydrogen (secondary N) is 4. The van der Waals surface area contributed by atoms with Crippen molar-refractivity contribution in [3.63, 3.8) is 0 Å². The second-order valence-corrected chi connectivity index (χ2v) is 9.14. The normalized spacial score (nSPS) is 25.1. The maximum atomic E-state index is 12.6. The van der Waals surface area contributed by atoms with Crippen molar-refractivity contribution < 1.29 is 24.1 Å². The van der Waals surface area contributed by atoms with E-state index in [4.69, 9.17) is 4.74 Å². The van der Waals surface area contributed by atoms with Crippen LogP contribution in [0.25, 0.3) is 0 Å². The highest BCUT2D eigenvalue weighted by atomic mass is 16.5. The molecular formula is C23H36N4O3+2. The zero-order valence-electron chi connectivity index (χ0n) is 18.1. The quantitative estimate of drug-likeness (QED) is 0.520. The number of imide groups is 1. The first-order chi connectivity index (χ1) is 14.6. The summed E-state index contributed by atoms with van der Waals surface area (Å²) in [6, 6.07) is 6.24. The van der Waals surface area contributed by atoms with Crippen LogP contribution in [0.3, 0.4) is 0 Å². The van der Waals surface area contributed by atoms with Crippen molar-refractivity contribution in [1.82, 2.24) is 10.6 Å². The Bertz CT molecular complexity index is 755. The van der Waals surface area contributed by atoms with Crippen molar-refractivity contribution in [2.24, 2.45) is 0 Å². The summed E-state index contributed by atoms with van der Waals surface area (Å²) >= 11 is 0. The Morgan fingerprint density at radius 2 is 1.90 bits per heavy atom. The van der Waals surface area contributed by atoms with Gasteiger partial charge in [-0.3, -0.25) is 10.1 Å². The summed E-state index contributed by atoms with van der Waals surface area (Å²) in [7, 11) is 0. The lowest BCUT2D eigenvalue weighted by atomic mass is 9.96. The Balaban J connectivity index is 1.20. The van der Waals surface area contributed by atoms with Crippen molar-refractivity contribution in [3.8, 4) is 5.75 Å². The van der Waals surface area contributed by atoms with Crippen molar-refractivity contribution in [2.45, 2.75) is 64.1 Å². The van der Waals surface area contributed by atoms with Crippen LogP contribution in [-0.2, 0) is 17.8 Å². The third kappa shape index (κ3) is 5.32. The van der Waals surface area contributed by atoms with Gasteiger partial charge in [0.2, 0.25) is 0 Å². The van der Waals surface area contributed by atoms with E-state index in [1.807, 2.05) is 6.92 Å². The zero-order chi connectivity index (χ0) is 20.9. The van der Waals surface area contributed by atoms with Gasteiger partial charge in [0.1, 0.15) is 38.5 Å². The van der Waals surface area contributed by atoms with Gasteiger partial charge >= 0.3 is 6.03 Å². The van der Waals surface area contributed by atoms with Gasteiger partial charge in [-0.1, -0.05) is 19.3 Å². The highest BCUT2D eigenvalue weighted by Crippen LogP contribution is 2.25. The van der Waals surface area contributed by atoms with E-state index in [9.17, 15) is 9.59 Å². The molecule has 3 amide bonds. The van der Waals surface area contributed by atoms with E-state index in [1.165, 1.54) is 22.4 Å². The number of fused-ring (bicyclic) bond motifs is 1. The molecule has 2 fully saturated rings. The first-order valence-electron chi connectivity index (χ1n) is 11.6. The number of ether oxygens (including phenoxy) is 1. The number of quaternary nitrogens is 2. The van der Waals surface area contributed by atoms with E-state index in [0.717, 1.165) is 77.2 Å². The van der Waals surface area contributed by atoms with Gasteiger partial charge in [-0.15, -0.1) is 0 Å². The summed E-state index contributed by atoms with van der Waals surface area (Å²) in [6.07, 6.45) is 6.61. The Morgan fingerprint density at radius 3 is 2.67 bits per heavy atom. The molecule has 1 saturated heterocycles. The molecule has 164 valence electrons. The summed E-state index contributed by atoms with van der Waals surface area (Å²) in [5.41, 5.74) is 2.69. The molecule has 30 heavy (non-hydrogen) atoms. The van der Waals surface area contributed by atoms with E-state index >= 15 is 0 Å². The third-order valence-corrected chi connectivity index (χ3v) is 6.99. The topological polar surface area (TPSA) is 76.3 Å². The van der Waals surface area contributed by atoms with E-state index in [0.29, 0.717) is 0 Å². The molecule has 0 spiro atoms. The number of carbonyl (C=O) groups is 2. The highest BCUT2D eigenvalue weighted by Gasteiger charge is 2.32. The van der Waals surface area contributed by atoms with Gasteiger partial charge in [-0.05, 0) is 43.5 Å². The first-order valence-corrected chi connectivity index (χ1v) is 11.6. The van der Waals surface area contributed by atoms with E-state index < -0.39 is 0 Å². The Kier molecular flexibility index (Phi) is 6.89. The molecule has 7 nitrogen and oxygen atoms in total. The molecule has 3 aliphatic rings. The van der Waals surface area contributed by atoms with Crippen LogP contribution in [0.5, 0.6) is 5.75 Å². The van der Waals surface area contributed by atoms with E-state index in [1.54, 1.807) is 4.90 Å². The van der Waals surface area contributed by atoms with Gasteiger partial charge in [-0.25, -0.2) is 4.79 Å². The molecule has 2 heterocycles. The second kappa shape index (κ2) is 9.79. The first kappa shape index (κ1) is 21.1. The molecule has 2 aliphatic heterocycles. The van der Waals surface area contributed by atoms with Gasteiger partial charge in [0, 0.05) is 18.0 Å². The lowest BCUT2D eigenvalue weighted by molar-refractivity contribution is -1.02. The fraction of sp³-hybridized carbons (Fsp3) is 0.652. The lowest BCUT2D eigenvalue weighted by Crippen LogP contribution is -3.29. The Labute approximate surface area is 179 Å². The molecule has 7 heteroatoms. The fourth-order valence-electron chi connectivity index (χ4n) is 5.05. The number of benzene rings is 1. The second-order valence-electron chi connectivity index (χ2n) is 9.14. The maximum Gasteiger partial charge on any atom is 0.321 e. The zero-order valence-corrected chi connectivity index (χ0v) is 18.1. The Morgan fingerprint density at radius 1 is 1.13 bits per heavy atom. The van der Waals surface area contributed by atoms with Gasteiger partial charge in [0.15, 0.2) is 6.04 Å². The average Bonchev–Trinajstić information content (AvgIpc) is 3.22. The summed E-state index contributed by atoms with van der Waals surface area (Å²) in [4.78, 5) is 27.6. The van der Waals surface area contributed by atoms with Crippen molar-refractivity contribution in [3.05, 3.63) is 29.3 Å². The Hall–Kier alpha value is -2.12. The highest BCUT2D eigenvalue weighted by molar-refractivity contribution is 5.96. The number of urea groups is 1. The van der Waals surface area contributed by atoms with E-state index in [2.05, 4.69) is 28.8 Å². The standard InChI is InChI=1S/C23H34N4O3/c1-17(22(28)25-23(29)24-20-5-3-2-4-6-20)27-12-10-26(11-13-27)16-18-7-8-21-19(15-18)9-14-30-21/h7-8,15,17,20H,2-6,9-14,16H2,1H3,(H2,24,25,28,29)/p+2/t17-/m0/s1. The van der Waals surface area contributed by atoms with Gasteiger partial charge < -0.3 is 19.9 Å². The molecule has 4 rings (SSSR count). The van der Waals surface area contributed by atoms with Crippen LogP contribution < -0.4 is 25.2 Å². The molecule has 1 atom stereocenters. The monoisotopic (exact) mass is 416 g/mol. The molecule has 0 aromatic heterocycles. The van der Waals surface area contributed by atoms with Gasteiger partial charge in [0.05, 0.1) is 6.61 Å². The van der Waals surface area contributed by atoms with Crippen LogP contribution in [0.2, 0.25) is 0 Å². The summed E-state index contributed by atoms with van der Waals surface area (Å²) < 4.78 is 5.60. The molecule has 0 radical (unpaired) electrons. The smallest absolute Gasteiger partial charge is 0.321 e. The van der Waals surface area contributed by atoms with Crippen LogP contribution >= 0.6 is 0 Å². The van der Waals surface area contributed by atoms with Crippen LogP contribution in [0.4, 0.5) is 4.79 Å². The summed E-state index contributed by atoms with van der Waals surface area (Å²) in [5, 5.41) is 5.54. The lowest BCUT2D eigenvalue weighted by Gasteiger charge is -2.32. The molecule has 1 saturated carbocycles.